The summed E-state index contributed by atoms with van der Waals surface area (Å²) >= 11 is 0. The van der Waals surface area contributed by atoms with Crippen molar-refractivity contribution in [2.24, 2.45) is 5.11 Å². The molecule has 30 heavy (non-hydrogen) atoms. The first-order valence-corrected chi connectivity index (χ1v) is 9.02. The van der Waals surface area contributed by atoms with Gasteiger partial charge >= 0.3 is 11.6 Å². The van der Waals surface area contributed by atoms with E-state index < -0.39 is 11.6 Å². The van der Waals surface area contributed by atoms with Gasteiger partial charge < -0.3 is 14.3 Å². The molecule has 0 atom stereocenters. The molecule has 0 spiro atoms. The predicted octanol–water partition coefficient (Wildman–Crippen LogP) is 4.29. The maximum absolute atomic E-state index is 12.0. The molecule has 0 aliphatic heterocycles. The number of hydrogen-bond donors (Lipinski definition) is 1. The SMILES string of the molecule is [N-]=[N+]=Nc1ccc(COc2ccc3c(CC(=O)CCC(=O)O)cc(=O)oc3c2)cc1. The Morgan fingerprint density at radius 3 is 2.57 bits per heavy atom. The van der Waals surface area contributed by atoms with E-state index in [1.165, 1.54) is 6.07 Å². The highest BCUT2D eigenvalue weighted by Gasteiger charge is 2.12. The number of carboxylic acid groups (broad SMARTS) is 1. The smallest absolute Gasteiger partial charge is 0.336 e. The summed E-state index contributed by atoms with van der Waals surface area (Å²) in [4.78, 5) is 37.2. The van der Waals surface area contributed by atoms with Crippen LogP contribution in [0.2, 0.25) is 0 Å². The number of benzene rings is 2. The molecule has 3 aromatic rings. The average molecular weight is 407 g/mol. The molecule has 1 N–H and O–H groups in total. The summed E-state index contributed by atoms with van der Waals surface area (Å²) in [6.07, 6.45) is -0.399. The van der Waals surface area contributed by atoms with Crippen LogP contribution in [0, 0.1) is 0 Å². The minimum atomic E-state index is -1.05. The number of azide groups is 1. The van der Waals surface area contributed by atoms with E-state index in [-0.39, 0.29) is 37.2 Å². The molecule has 0 unspecified atom stereocenters. The minimum Gasteiger partial charge on any atom is -0.489 e. The third-order valence-electron chi connectivity index (χ3n) is 4.31. The van der Waals surface area contributed by atoms with Gasteiger partial charge in [0.1, 0.15) is 23.7 Å². The van der Waals surface area contributed by atoms with Crippen LogP contribution >= 0.6 is 0 Å². The van der Waals surface area contributed by atoms with Crippen molar-refractivity contribution in [3.63, 3.8) is 0 Å². The number of carbonyl (C=O) groups is 2. The van der Waals surface area contributed by atoms with Crippen molar-refractivity contribution in [2.75, 3.05) is 0 Å². The van der Waals surface area contributed by atoms with Crippen molar-refractivity contribution in [1.29, 1.82) is 0 Å². The molecule has 9 heteroatoms. The third kappa shape index (κ3) is 5.46. The van der Waals surface area contributed by atoms with Crippen molar-refractivity contribution in [1.82, 2.24) is 0 Å². The Labute approximate surface area is 170 Å². The summed E-state index contributed by atoms with van der Waals surface area (Å²) in [6.45, 7) is 0.250. The second kappa shape index (κ2) is 9.40. The predicted molar refractivity (Wildman–Crippen MR) is 108 cm³/mol. The number of ketones is 1. The first-order valence-electron chi connectivity index (χ1n) is 9.02. The highest BCUT2D eigenvalue weighted by atomic mass is 16.5. The van der Waals surface area contributed by atoms with Gasteiger partial charge in [-0.1, -0.05) is 29.4 Å². The molecule has 0 bridgehead atoms. The number of ether oxygens (including phenoxy) is 1. The van der Waals surface area contributed by atoms with Gasteiger partial charge in [0.05, 0.1) is 6.42 Å². The summed E-state index contributed by atoms with van der Waals surface area (Å²) in [5.74, 6) is -0.845. The number of aliphatic carboxylic acids is 1. The van der Waals surface area contributed by atoms with Gasteiger partial charge in [0, 0.05) is 41.0 Å². The molecule has 0 fully saturated rings. The van der Waals surface area contributed by atoms with Crippen molar-refractivity contribution < 1.29 is 23.8 Å². The molecule has 1 heterocycles. The van der Waals surface area contributed by atoms with Crippen LogP contribution in [-0.4, -0.2) is 16.9 Å². The quantitative estimate of drug-likeness (QED) is 0.243. The lowest BCUT2D eigenvalue weighted by Gasteiger charge is -2.09. The molecule has 1 aromatic heterocycles. The van der Waals surface area contributed by atoms with Crippen molar-refractivity contribution in [2.45, 2.75) is 25.9 Å². The van der Waals surface area contributed by atoms with Crippen LogP contribution in [0.4, 0.5) is 5.69 Å². The number of carboxylic acids is 1. The summed E-state index contributed by atoms with van der Waals surface area (Å²) < 4.78 is 11.0. The van der Waals surface area contributed by atoms with E-state index in [2.05, 4.69) is 10.0 Å². The van der Waals surface area contributed by atoms with Gasteiger partial charge in [-0.25, -0.2) is 4.79 Å². The molecule has 9 nitrogen and oxygen atoms in total. The van der Waals surface area contributed by atoms with E-state index in [4.69, 9.17) is 19.8 Å². The Bertz CT molecular complexity index is 1190. The van der Waals surface area contributed by atoms with Gasteiger partial charge in [-0.3, -0.25) is 9.59 Å². The van der Waals surface area contributed by atoms with Crippen LogP contribution < -0.4 is 10.4 Å². The highest BCUT2D eigenvalue weighted by molar-refractivity contribution is 5.89. The molecule has 152 valence electrons. The molecule has 0 amide bonds. The van der Waals surface area contributed by atoms with E-state index in [9.17, 15) is 14.4 Å². The van der Waals surface area contributed by atoms with Gasteiger partial charge in [0.2, 0.25) is 0 Å². The van der Waals surface area contributed by atoms with Crippen LogP contribution in [0.1, 0.15) is 24.0 Å². The second-order valence-electron chi connectivity index (χ2n) is 6.50. The Kier molecular flexibility index (Phi) is 6.46. The van der Waals surface area contributed by atoms with Crippen LogP contribution in [0.5, 0.6) is 5.75 Å². The van der Waals surface area contributed by atoms with Crippen molar-refractivity contribution in [3.8, 4) is 5.75 Å². The minimum absolute atomic E-state index is 0.0485. The van der Waals surface area contributed by atoms with E-state index in [1.54, 1.807) is 42.5 Å². The summed E-state index contributed by atoms with van der Waals surface area (Å²) in [5.41, 5.74) is 9.93. The van der Waals surface area contributed by atoms with Crippen LogP contribution in [-0.2, 0) is 22.6 Å². The molecular weight excluding hydrogens is 390 g/mol. The van der Waals surface area contributed by atoms with Gasteiger partial charge in [-0.2, -0.15) is 0 Å². The van der Waals surface area contributed by atoms with Gasteiger partial charge in [0.15, 0.2) is 0 Å². The topological polar surface area (TPSA) is 143 Å². The molecule has 0 radical (unpaired) electrons. The summed E-state index contributed by atoms with van der Waals surface area (Å²) in [5, 5.41) is 12.8. The normalized spacial score (nSPS) is 10.4. The standard InChI is InChI=1S/C21H17N3O6/c22-24-23-15-3-1-13(2-4-15)12-29-17-6-7-18-14(9-16(25)5-8-20(26)27)10-21(28)30-19(18)11-17/h1-4,6-7,10-11H,5,8-9,12H2,(H,26,27). The zero-order valence-electron chi connectivity index (χ0n) is 15.8. The van der Waals surface area contributed by atoms with E-state index in [0.717, 1.165) is 5.56 Å². The third-order valence-corrected chi connectivity index (χ3v) is 4.31. The van der Waals surface area contributed by atoms with Gasteiger partial charge in [0.25, 0.3) is 0 Å². The average Bonchev–Trinajstić information content (AvgIpc) is 2.71. The molecule has 0 saturated heterocycles. The largest absolute Gasteiger partial charge is 0.489 e. The van der Waals surface area contributed by atoms with Crippen molar-refractivity contribution >= 4 is 28.4 Å². The summed E-state index contributed by atoms with van der Waals surface area (Å²) in [6, 6.07) is 13.1. The molecule has 2 aromatic carbocycles. The number of rotatable bonds is 9. The van der Waals surface area contributed by atoms with Crippen LogP contribution in [0.3, 0.4) is 0 Å². The number of hydrogen-bond acceptors (Lipinski definition) is 6. The highest BCUT2D eigenvalue weighted by Crippen LogP contribution is 2.24. The zero-order chi connectivity index (χ0) is 21.5. The van der Waals surface area contributed by atoms with Gasteiger partial charge in [-0.15, -0.1) is 0 Å². The number of fused-ring (bicyclic) bond motifs is 1. The van der Waals surface area contributed by atoms with Crippen molar-refractivity contribution in [3.05, 3.63) is 80.5 Å². The molecule has 0 aliphatic rings. The monoisotopic (exact) mass is 407 g/mol. The fraction of sp³-hybridized carbons (Fsp3) is 0.190. The Balaban J connectivity index is 1.75. The number of nitrogens with zero attached hydrogens (tertiary/aromatic N) is 3. The van der Waals surface area contributed by atoms with Crippen LogP contribution in [0.15, 0.2) is 62.9 Å². The number of Topliss-reactive ketones (excluding diaryl/α,β-unsaturated/α-hetero) is 1. The molecule has 0 aliphatic carbocycles. The molecule has 0 saturated carbocycles. The van der Waals surface area contributed by atoms with Crippen LogP contribution in [0.25, 0.3) is 21.4 Å². The second-order valence-corrected chi connectivity index (χ2v) is 6.50. The van der Waals surface area contributed by atoms with Gasteiger partial charge in [-0.05, 0) is 28.8 Å². The maximum Gasteiger partial charge on any atom is 0.336 e. The first kappa shape index (κ1) is 20.6. The fourth-order valence-corrected chi connectivity index (χ4v) is 2.87. The lowest BCUT2D eigenvalue weighted by molar-refractivity contribution is -0.138. The maximum atomic E-state index is 12.0. The Hall–Kier alpha value is -4.10. The lowest BCUT2D eigenvalue weighted by Crippen LogP contribution is -2.09. The fourth-order valence-electron chi connectivity index (χ4n) is 2.87. The number of carbonyl (C=O) groups excluding carboxylic acids is 1. The van der Waals surface area contributed by atoms with E-state index in [0.29, 0.717) is 22.4 Å². The molecular formula is C21H17N3O6. The first-order chi connectivity index (χ1) is 14.4. The summed E-state index contributed by atoms with van der Waals surface area (Å²) in [7, 11) is 0. The Morgan fingerprint density at radius 1 is 1.10 bits per heavy atom. The zero-order valence-corrected chi connectivity index (χ0v) is 15.8. The van der Waals surface area contributed by atoms with E-state index >= 15 is 0 Å². The lowest BCUT2D eigenvalue weighted by atomic mass is 10.0. The molecule has 3 rings (SSSR count). The Morgan fingerprint density at radius 2 is 1.87 bits per heavy atom. The van der Waals surface area contributed by atoms with E-state index in [1.807, 2.05) is 0 Å².